The molecule has 0 fully saturated rings. The first-order chi connectivity index (χ1) is 14.3. The van der Waals surface area contributed by atoms with Crippen molar-refractivity contribution in [2.45, 2.75) is 18.3 Å². The Balaban J connectivity index is 1.68. The summed E-state index contributed by atoms with van der Waals surface area (Å²) in [5.74, 6) is -0.0114. The minimum absolute atomic E-state index is 0.00883. The van der Waals surface area contributed by atoms with Gasteiger partial charge in [0.05, 0.1) is 17.8 Å². The zero-order valence-corrected chi connectivity index (χ0v) is 16.2. The van der Waals surface area contributed by atoms with E-state index in [4.69, 9.17) is 0 Å². The molecule has 2 heterocycles. The van der Waals surface area contributed by atoms with Crippen LogP contribution in [0, 0.1) is 0 Å². The number of nitrogens with zero attached hydrogens (tertiary/aromatic N) is 3. The van der Waals surface area contributed by atoms with Crippen molar-refractivity contribution in [3.8, 4) is 17.0 Å². The number of allylic oxidation sites excluding steroid dienone is 1. The van der Waals surface area contributed by atoms with E-state index in [1.54, 1.807) is 47.8 Å². The standard InChI is InChI=1S/C21H16F3N3O2S/c22-21(23,24)20(29)12-16(11-10-15-8-4-5-9-18(15)28)26-27(20)19-25-17(13-30-19)14-6-2-1-3-7-14/h1-11,13,28-29H,12H2. The fraction of sp³-hybridized carbons (Fsp3) is 0.143. The lowest BCUT2D eigenvalue weighted by molar-refractivity contribution is -0.254. The monoisotopic (exact) mass is 431 g/mol. The van der Waals surface area contributed by atoms with Gasteiger partial charge in [0.1, 0.15) is 5.75 Å². The van der Waals surface area contributed by atoms with Gasteiger partial charge in [0.15, 0.2) is 0 Å². The molecule has 30 heavy (non-hydrogen) atoms. The second kappa shape index (κ2) is 7.58. The Hall–Kier alpha value is -3.17. The average molecular weight is 431 g/mol. The van der Waals surface area contributed by atoms with Crippen molar-refractivity contribution in [2.24, 2.45) is 5.10 Å². The lowest BCUT2D eigenvalue weighted by atomic mass is 10.1. The minimum atomic E-state index is -4.96. The first-order valence-corrected chi connectivity index (χ1v) is 9.80. The van der Waals surface area contributed by atoms with E-state index in [1.807, 2.05) is 6.07 Å². The Morgan fingerprint density at radius 1 is 1.03 bits per heavy atom. The minimum Gasteiger partial charge on any atom is -0.507 e. The molecule has 0 saturated carbocycles. The van der Waals surface area contributed by atoms with Gasteiger partial charge in [0, 0.05) is 16.5 Å². The highest BCUT2D eigenvalue weighted by Gasteiger charge is 2.62. The van der Waals surface area contributed by atoms with Crippen LogP contribution in [0.2, 0.25) is 0 Å². The van der Waals surface area contributed by atoms with Crippen LogP contribution in [-0.4, -0.2) is 32.8 Å². The summed E-state index contributed by atoms with van der Waals surface area (Å²) in [5.41, 5.74) is -1.53. The molecular weight excluding hydrogens is 415 g/mol. The van der Waals surface area contributed by atoms with Gasteiger partial charge in [0.25, 0.3) is 5.72 Å². The van der Waals surface area contributed by atoms with E-state index in [0.717, 1.165) is 16.9 Å². The van der Waals surface area contributed by atoms with Crippen molar-refractivity contribution in [1.82, 2.24) is 4.98 Å². The normalized spacial score (nSPS) is 19.5. The van der Waals surface area contributed by atoms with Gasteiger partial charge in [-0.1, -0.05) is 48.5 Å². The van der Waals surface area contributed by atoms with E-state index < -0.39 is 18.3 Å². The second-order valence-electron chi connectivity index (χ2n) is 6.67. The number of phenols is 1. The molecule has 154 valence electrons. The number of anilines is 1. The van der Waals surface area contributed by atoms with Crippen LogP contribution < -0.4 is 5.01 Å². The van der Waals surface area contributed by atoms with Gasteiger partial charge >= 0.3 is 6.18 Å². The van der Waals surface area contributed by atoms with E-state index in [9.17, 15) is 23.4 Å². The molecule has 0 bridgehead atoms. The van der Waals surface area contributed by atoms with Crippen molar-refractivity contribution in [3.63, 3.8) is 0 Å². The Morgan fingerprint density at radius 2 is 1.73 bits per heavy atom. The summed E-state index contributed by atoms with van der Waals surface area (Å²) < 4.78 is 41.3. The van der Waals surface area contributed by atoms with Crippen LogP contribution >= 0.6 is 11.3 Å². The number of para-hydroxylation sites is 1. The van der Waals surface area contributed by atoms with Gasteiger partial charge in [0.2, 0.25) is 5.13 Å². The third kappa shape index (κ3) is 3.69. The quantitative estimate of drug-likeness (QED) is 0.607. The Morgan fingerprint density at radius 3 is 2.43 bits per heavy atom. The molecule has 4 rings (SSSR count). The molecule has 0 aliphatic carbocycles. The fourth-order valence-corrected chi connectivity index (χ4v) is 3.85. The zero-order chi connectivity index (χ0) is 21.4. The summed E-state index contributed by atoms with van der Waals surface area (Å²) in [6.45, 7) is 0. The molecule has 1 aliphatic rings. The molecule has 0 radical (unpaired) electrons. The van der Waals surface area contributed by atoms with Gasteiger partial charge in [-0.2, -0.15) is 23.3 Å². The van der Waals surface area contributed by atoms with Crippen LogP contribution in [0.4, 0.5) is 18.3 Å². The molecule has 1 aromatic heterocycles. The van der Waals surface area contributed by atoms with Crippen LogP contribution in [0.3, 0.4) is 0 Å². The van der Waals surface area contributed by atoms with E-state index in [1.165, 1.54) is 18.2 Å². The molecule has 0 amide bonds. The molecule has 2 aromatic carbocycles. The fourth-order valence-electron chi connectivity index (χ4n) is 3.01. The largest absolute Gasteiger partial charge is 0.507 e. The SMILES string of the molecule is Oc1ccccc1C=CC1=NN(c2nc(-c3ccccc3)cs2)C(O)(C(F)(F)F)C1. The number of hydrazone groups is 1. The third-order valence-electron chi connectivity index (χ3n) is 4.60. The number of aromatic nitrogens is 1. The maximum absolute atomic E-state index is 13.8. The highest BCUT2D eigenvalue weighted by molar-refractivity contribution is 7.14. The topological polar surface area (TPSA) is 69.0 Å². The highest BCUT2D eigenvalue weighted by atomic mass is 32.1. The zero-order valence-electron chi connectivity index (χ0n) is 15.4. The molecule has 1 unspecified atom stereocenters. The first-order valence-electron chi connectivity index (χ1n) is 8.92. The summed E-state index contributed by atoms with van der Waals surface area (Å²) >= 11 is 0.963. The predicted octanol–water partition coefficient (Wildman–Crippen LogP) is 5.05. The molecule has 9 heteroatoms. The molecule has 1 aliphatic heterocycles. The molecule has 5 nitrogen and oxygen atoms in total. The molecule has 2 N–H and O–H groups in total. The van der Waals surface area contributed by atoms with Gasteiger partial charge in [-0.15, -0.1) is 11.3 Å². The number of benzene rings is 2. The number of thiazole rings is 1. The number of halogens is 3. The van der Waals surface area contributed by atoms with E-state index in [-0.39, 0.29) is 16.6 Å². The van der Waals surface area contributed by atoms with Gasteiger partial charge < -0.3 is 10.2 Å². The van der Waals surface area contributed by atoms with Crippen LogP contribution in [0.15, 0.2) is 71.2 Å². The summed E-state index contributed by atoms with van der Waals surface area (Å²) in [6.07, 6.45) is -2.93. The number of alkyl halides is 3. The molecule has 3 aromatic rings. The second-order valence-corrected chi connectivity index (χ2v) is 7.50. The Labute approximate surface area is 174 Å². The van der Waals surface area contributed by atoms with Gasteiger partial charge in [-0.05, 0) is 18.2 Å². The van der Waals surface area contributed by atoms with Crippen LogP contribution in [0.25, 0.3) is 17.3 Å². The smallest absolute Gasteiger partial charge is 0.438 e. The van der Waals surface area contributed by atoms with Crippen molar-refractivity contribution >= 4 is 28.3 Å². The van der Waals surface area contributed by atoms with Crippen LogP contribution in [-0.2, 0) is 0 Å². The summed E-state index contributed by atoms with van der Waals surface area (Å²) in [4.78, 5) is 4.25. The molecular formula is C21H16F3N3O2S. The predicted molar refractivity (Wildman–Crippen MR) is 110 cm³/mol. The average Bonchev–Trinajstić information content (AvgIpc) is 3.33. The van der Waals surface area contributed by atoms with E-state index in [2.05, 4.69) is 10.1 Å². The highest BCUT2D eigenvalue weighted by Crippen LogP contribution is 2.44. The summed E-state index contributed by atoms with van der Waals surface area (Å²) in [5, 5.41) is 26.4. The molecule has 0 saturated heterocycles. The summed E-state index contributed by atoms with van der Waals surface area (Å²) in [6, 6.07) is 15.4. The number of hydrogen-bond donors (Lipinski definition) is 2. The van der Waals surface area contributed by atoms with Crippen LogP contribution in [0.5, 0.6) is 5.75 Å². The maximum atomic E-state index is 13.8. The number of phenolic OH excluding ortho intramolecular Hbond substituents is 1. The first kappa shape index (κ1) is 20.1. The molecule has 1 atom stereocenters. The van der Waals surface area contributed by atoms with Crippen LogP contribution in [0.1, 0.15) is 12.0 Å². The maximum Gasteiger partial charge on any atom is 0.438 e. The van der Waals surface area contributed by atoms with E-state index in [0.29, 0.717) is 16.3 Å². The number of rotatable bonds is 4. The van der Waals surface area contributed by atoms with Crippen molar-refractivity contribution in [1.29, 1.82) is 0 Å². The Bertz CT molecular complexity index is 1110. The number of aliphatic hydroxyl groups is 1. The summed E-state index contributed by atoms with van der Waals surface area (Å²) in [7, 11) is 0. The van der Waals surface area contributed by atoms with Gasteiger partial charge in [-0.3, -0.25) is 0 Å². The molecule has 0 spiro atoms. The third-order valence-corrected chi connectivity index (χ3v) is 5.41. The number of hydrogen-bond acceptors (Lipinski definition) is 6. The van der Waals surface area contributed by atoms with E-state index >= 15 is 0 Å². The van der Waals surface area contributed by atoms with Crippen molar-refractivity contribution < 1.29 is 23.4 Å². The van der Waals surface area contributed by atoms with Gasteiger partial charge in [-0.25, -0.2) is 4.98 Å². The lowest BCUT2D eigenvalue weighted by Crippen LogP contribution is -2.55. The Kier molecular flexibility index (Phi) is 5.08. The van der Waals surface area contributed by atoms with Crippen molar-refractivity contribution in [3.05, 3.63) is 71.6 Å². The lowest BCUT2D eigenvalue weighted by Gasteiger charge is -2.32. The number of aromatic hydroxyl groups is 1. The van der Waals surface area contributed by atoms with Crippen molar-refractivity contribution in [2.75, 3.05) is 5.01 Å².